The van der Waals surface area contributed by atoms with Crippen molar-refractivity contribution in [3.8, 4) is 10.6 Å². The van der Waals surface area contributed by atoms with E-state index in [0.717, 1.165) is 15.4 Å². The lowest BCUT2D eigenvalue weighted by Crippen LogP contribution is -2.42. The van der Waals surface area contributed by atoms with Crippen LogP contribution < -0.4 is 4.90 Å². The molecule has 3 heterocycles. The Hall–Kier alpha value is -2.26. The Balaban J connectivity index is 1.54. The summed E-state index contributed by atoms with van der Waals surface area (Å²) in [5, 5.41) is 1.89. The standard InChI is InChI=1S/C22H22Cl2N4O3S/c1-12(17-10-25-21(32-17)14-4-6-15(23)7-5-14)8-19-26-18(24)9-20(27-19)28-16(13(2)30-3)11-31-22(28)29/h4-7,9-10,12-13,16H,8,11H2,1-3H3/t12-,13-,16-/m1/s1. The van der Waals surface area contributed by atoms with Crippen LogP contribution in [0, 0.1) is 0 Å². The molecular weight excluding hydrogens is 471 g/mol. The average molecular weight is 493 g/mol. The van der Waals surface area contributed by atoms with Crippen LogP contribution in [0.2, 0.25) is 10.2 Å². The third-order valence-corrected chi connectivity index (χ3v) is 7.11. The number of carbonyl (C=O) groups is 1. The first kappa shape index (κ1) is 22.9. The molecule has 32 heavy (non-hydrogen) atoms. The number of thiazole rings is 1. The minimum atomic E-state index is -0.470. The van der Waals surface area contributed by atoms with E-state index >= 15 is 0 Å². The van der Waals surface area contributed by atoms with Gasteiger partial charge in [0.05, 0.1) is 6.10 Å². The molecule has 2 aromatic heterocycles. The molecule has 1 aromatic carbocycles. The lowest BCUT2D eigenvalue weighted by molar-refractivity contribution is 0.0881. The maximum Gasteiger partial charge on any atom is 0.416 e. The number of benzene rings is 1. The number of aromatic nitrogens is 3. The van der Waals surface area contributed by atoms with Gasteiger partial charge in [0.1, 0.15) is 34.5 Å². The van der Waals surface area contributed by atoms with Gasteiger partial charge in [-0.05, 0) is 25.0 Å². The van der Waals surface area contributed by atoms with Crippen molar-refractivity contribution in [3.63, 3.8) is 0 Å². The van der Waals surface area contributed by atoms with Crippen molar-refractivity contribution in [1.29, 1.82) is 0 Å². The van der Waals surface area contributed by atoms with Gasteiger partial charge in [0.25, 0.3) is 0 Å². The van der Waals surface area contributed by atoms with E-state index in [4.69, 9.17) is 32.7 Å². The Labute approximate surface area is 200 Å². The largest absolute Gasteiger partial charge is 0.447 e. The smallest absolute Gasteiger partial charge is 0.416 e. The van der Waals surface area contributed by atoms with Gasteiger partial charge in [-0.1, -0.05) is 42.3 Å². The van der Waals surface area contributed by atoms with Crippen LogP contribution in [0.25, 0.3) is 10.6 Å². The predicted octanol–water partition coefficient (Wildman–Crippen LogP) is 5.61. The first-order chi connectivity index (χ1) is 15.4. The van der Waals surface area contributed by atoms with Crippen LogP contribution >= 0.6 is 34.5 Å². The van der Waals surface area contributed by atoms with Crippen LogP contribution in [0.4, 0.5) is 10.6 Å². The van der Waals surface area contributed by atoms with Gasteiger partial charge >= 0.3 is 6.09 Å². The normalized spacial score (nSPS) is 18.0. The molecule has 168 valence electrons. The zero-order valence-electron chi connectivity index (χ0n) is 17.8. The summed E-state index contributed by atoms with van der Waals surface area (Å²) in [6.07, 6.45) is 1.73. The van der Waals surface area contributed by atoms with Gasteiger partial charge in [0, 0.05) is 41.3 Å². The topological polar surface area (TPSA) is 77.4 Å². The first-order valence-electron chi connectivity index (χ1n) is 10.1. The minimum Gasteiger partial charge on any atom is -0.447 e. The quantitative estimate of drug-likeness (QED) is 0.398. The number of halogens is 2. The molecule has 3 atom stereocenters. The second kappa shape index (κ2) is 9.70. The van der Waals surface area contributed by atoms with Gasteiger partial charge in [-0.3, -0.25) is 4.90 Å². The van der Waals surface area contributed by atoms with E-state index in [-0.39, 0.29) is 29.8 Å². The summed E-state index contributed by atoms with van der Waals surface area (Å²) in [5.74, 6) is 1.07. The molecule has 1 aliphatic rings. The van der Waals surface area contributed by atoms with E-state index in [1.807, 2.05) is 37.4 Å². The second-order valence-corrected chi connectivity index (χ2v) is 9.49. The summed E-state index contributed by atoms with van der Waals surface area (Å²) in [5.41, 5.74) is 1.02. The maximum absolute atomic E-state index is 12.4. The lowest BCUT2D eigenvalue weighted by atomic mass is 10.1. The van der Waals surface area contributed by atoms with Crippen LogP contribution in [0.1, 0.15) is 30.5 Å². The van der Waals surface area contributed by atoms with Crippen molar-refractivity contribution >= 4 is 46.4 Å². The molecule has 0 spiro atoms. The van der Waals surface area contributed by atoms with E-state index in [9.17, 15) is 4.79 Å². The fourth-order valence-corrected chi connectivity index (χ4v) is 4.78. The Morgan fingerprint density at radius 2 is 2.00 bits per heavy atom. The Kier molecular flexibility index (Phi) is 6.95. The molecule has 1 amide bonds. The summed E-state index contributed by atoms with van der Waals surface area (Å²) in [6.45, 7) is 4.20. The number of hydrogen-bond donors (Lipinski definition) is 0. The molecule has 1 aliphatic heterocycles. The molecule has 4 rings (SSSR count). The van der Waals surface area contributed by atoms with Gasteiger partial charge in [-0.2, -0.15) is 0 Å². The number of nitrogens with zero attached hydrogens (tertiary/aromatic N) is 4. The highest BCUT2D eigenvalue weighted by Crippen LogP contribution is 2.32. The predicted molar refractivity (Wildman–Crippen MR) is 126 cm³/mol. The van der Waals surface area contributed by atoms with E-state index in [1.165, 1.54) is 4.90 Å². The molecule has 0 unspecified atom stereocenters. The molecule has 0 saturated carbocycles. The number of ether oxygens (including phenoxy) is 2. The lowest BCUT2D eigenvalue weighted by Gasteiger charge is -2.25. The SMILES string of the molecule is CO[C@H](C)[C@H]1COC(=O)N1c1cc(Cl)nc(C[C@@H](C)c2cnc(-c3ccc(Cl)cc3)s2)n1. The number of rotatable bonds is 7. The fraction of sp³-hybridized carbons (Fsp3) is 0.364. The minimum absolute atomic E-state index is 0.110. The van der Waals surface area contributed by atoms with Crippen molar-refractivity contribution in [2.24, 2.45) is 0 Å². The number of cyclic esters (lactones) is 1. The van der Waals surface area contributed by atoms with Crippen LogP contribution in [-0.2, 0) is 15.9 Å². The fourth-order valence-electron chi connectivity index (χ4n) is 3.48. The summed E-state index contributed by atoms with van der Waals surface area (Å²) in [6, 6.07) is 8.90. The summed E-state index contributed by atoms with van der Waals surface area (Å²) in [7, 11) is 1.60. The van der Waals surface area contributed by atoms with Crippen molar-refractivity contribution in [2.45, 2.75) is 38.3 Å². The molecule has 0 bridgehead atoms. The highest BCUT2D eigenvalue weighted by atomic mass is 35.5. The maximum atomic E-state index is 12.4. The van der Waals surface area contributed by atoms with Gasteiger partial charge < -0.3 is 9.47 Å². The van der Waals surface area contributed by atoms with E-state index in [2.05, 4.69) is 21.9 Å². The summed E-state index contributed by atoms with van der Waals surface area (Å²) in [4.78, 5) is 28.5. The number of carbonyl (C=O) groups excluding carboxylic acids is 1. The number of amides is 1. The highest BCUT2D eigenvalue weighted by Gasteiger charge is 2.39. The van der Waals surface area contributed by atoms with E-state index < -0.39 is 6.09 Å². The molecule has 1 saturated heterocycles. The highest BCUT2D eigenvalue weighted by molar-refractivity contribution is 7.15. The number of anilines is 1. The molecular formula is C22H22Cl2N4O3S. The molecule has 0 radical (unpaired) electrons. The molecule has 7 nitrogen and oxygen atoms in total. The molecule has 1 fully saturated rings. The molecule has 0 aliphatic carbocycles. The van der Waals surface area contributed by atoms with Gasteiger partial charge in [0.15, 0.2) is 0 Å². The number of methoxy groups -OCH3 is 1. The molecule has 0 N–H and O–H groups in total. The van der Waals surface area contributed by atoms with Crippen LogP contribution in [0.5, 0.6) is 0 Å². The van der Waals surface area contributed by atoms with E-state index in [0.29, 0.717) is 23.1 Å². The van der Waals surface area contributed by atoms with Gasteiger partial charge in [-0.25, -0.2) is 19.7 Å². The van der Waals surface area contributed by atoms with Crippen molar-refractivity contribution in [3.05, 3.63) is 57.4 Å². The third-order valence-electron chi connectivity index (χ3n) is 5.38. The molecule has 3 aromatic rings. The van der Waals surface area contributed by atoms with Gasteiger partial charge in [-0.15, -0.1) is 11.3 Å². The number of hydrogen-bond acceptors (Lipinski definition) is 7. The van der Waals surface area contributed by atoms with Crippen LogP contribution in [-0.4, -0.2) is 46.9 Å². The van der Waals surface area contributed by atoms with Crippen LogP contribution in [0.3, 0.4) is 0 Å². The van der Waals surface area contributed by atoms with E-state index in [1.54, 1.807) is 24.5 Å². The van der Waals surface area contributed by atoms with Crippen molar-refractivity contribution in [1.82, 2.24) is 15.0 Å². The monoisotopic (exact) mass is 492 g/mol. The van der Waals surface area contributed by atoms with Crippen LogP contribution in [0.15, 0.2) is 36.5 Å². The zero-order valence-corrected chi connectivity index (χ0v) is 20.1. The Morgan fingerprint density at radius 1 is 1.25 bits per heavy atom. The molecule has 10 heteroatoms. The Morgan fingerprint density at radius 3 is 2.72 bits per heavy atom. The first-order valence-corrected chi connectivity index (χ1v) is 11.7. The Bertz CT molecular complexity index is 1110. The summed E-state index contributed by atoms with van der Waals surface area (Å²) < 4.78 is 10.6. The van der Waals surface area contributed by atoms with Crippen molar-refractivity contribution < 1.29 is 14.3 Å². The zero-order chi connectivity index (χ0) is 22.8. The second-order valence-electron chi connectivity index (χ2n) is 7.60. The third kappa shape index (κ3) is 4.88. The van der Waals surface area contributed by atoms with Gasteiger partial charge in [0.2, 0.25) is 0 Å². The van der Waals surface area contributed by atoms with Crippen molar-refractivity contribution in [2.75, 3.05) is 18.6 Å². The summed E-state index contributed by atoms with van der Waals surface area (Å²) >= 11 is 13.9. The average Bonchev–Trinajstić information content (AvgIpc) is 3.40.